The van der Waals surface area contributed by atoms with E-state index in [0.717, 1.165) is 0 Å². The zero-order valence-corrected chi connectivity index (χ0v) is 12.0. The van der Waals surface area contributed by atoms with Crippen LogP contribution in [-0.2, 0) is 16.6 Å². The van der Waals surface area contributed by atoms with Gasteiger partial charge in [0, 0.05) is 13.2 Å². The highest BCUT2D eigenvalue weighted by atomic mass is 32.1. The number of aromatic nitrogens is 1. The Kier molecular flexibility index (Phi) is 4.72. The van der Waals surface area contributed by atoms with Crippen molar-refractivity contribution < 1.29 is 19.1 Å². The Morgan fingerprint density at radius 3 is 2.67 bits per heavy atom. The van der Waals surface area contributed by atoms with Gasteiger partial charge in [-0.15, -0.1) is 11.3 Å². The van der Waals surface area contributed by atoms with Gasteiger partial charge in [-0.25, -0.2) is 4.79 Å². The number of rotatable bonds is 4. The zero-order valence-electron chi connectivity index (χ0n) is 11.2. The van der Waals surface area contributed by atoms with E-state index >= 15 is 0 Å². The van der Waals surface area contributed by atoms with E-state index < -0.39 is 24.4 Å². The van der Waals surface area contributed by atoms with Gasteiger partial charge in [0.25, 0.3) is 11.8 Å². The van der Waals surface area contributed by atoms with Crippen LogP contribution in [-0.4, -0.2) is 29.0 Å². The molecule has 0 atom stereocenters. The van der Waals surface area contributed by atoms with Gasteiger partial charge < -0.3 is 9.30 Å². The Labute approximate surface area is 124 Å². The molecular weight excluding hydrogens is 294 g/mol. The molecule has 2 amide bonds. The molecule has 0 aliphatic rings. The average Bonchev–Trinajstić information content (AvgIpc) is 3.13. The van der Waals surface area contributed by atoms with Crippen molar-refractivity contribution in [3.8, 4) is 0 Å². The topological polar surface area (TPSA) is 89.4 Å². The van der Waals surface area contributed by atoms with Gasteiger partial charge >= 0.3 is 5.97 Å². The lowest BCUT2D eigenvalue weighted by atomic mass is 10.4. The second-order valence-electron chi connectivity index (χ2n) is 4.06. The van der Waals surface area contributed by atoms with Crippen LogP contribution in [0.4, 0.5) is 0 Å². The minimum Gasteiger partial charge on any atom is -0.451 e. The predicted molar refractivity (Wildman–Crippen MR) is 75.6 cm³/mol. The first-order chi connectivity index (χ1) is 10.1. The third-order valence-electron chi connectivity index (χ3n) is 2.55. The molecule has 0 fully saturated rings. The van der Waals surface area contributed by atoms with Crippen LogP contribution < -0.4 is 10.9 Å². The maximum Gasteiger partial charge on any atom is 0.355 e. The number of hydrazine groups is 1. The molecule has 2 rings (SSSR count). The van der Waals surface area contributed by atoms with E-state index in [1.54, 1.807) is 47.5 Å². The number of nitrogens with one attached hydrogen (secondary N) is 2. The molecule has 0 aliphatic carbocycles. The number of ether oxygens (including phenoxy) is 1. The number of carbonyl (C=O) groups excluding carboxylic acids is 3. The van der Waals surface area contributed by atoms with Crippen LogP contribution in [0.5, 0.6) is 0 Å². The van der Waals surface area contributed by atoms with Crippen LogP contribution >= 0.6 is 11.3 Å². The molecule has 0 unspecified atom stereocenters. The largest absolute Gasteiger partial charge is 0.451 e. The van der Waals surface area contributed by atoms with Crippen LogP contribution in [0.3, 0.4) is 0 Å². The molecule has 21 heavy (non-hydrogen) atoms. The van der Waals surface area contributed by atoms with Crippen LogP contribution in [0.1, 0.15) is 20.2 Å². The monoisotopic (exact) mass is 307 g/mol. The molecule has 2 heterocycles. The number of nitrogens with zero attached hydrogens (tertiary/aromatic N) is 1. The van der Waals surface area contributed by atoms with Crippen LogP contribution in [0.25, 0.3) is 0 Å². The quantitative estimate of drug-likeness (QED) is 0.643. The fourth-order valence-corrected chi connectivity index (χ4v) is 2.13. The van der Waals surface area contributed by atoms with E-state index in [1.165, 1.54) is 11.3 Å². The smallest absolute Gasteiger partial charge is 0.355 e. The number of amides is 2. The van der Waals surface area contributed by atoms with Gasteiger partial charge in [-0.2, -0.15) is 0 Å². The number of aryl methyl sites for hydroxylation is 1. The number of thiophene rings is 1. The average molecular weight is 307 g/mol. The molecule has 0 saturated carbocycles. The molecule has 0 aliphatic heterocycles. The van der Waals surface area contributed by atoms with E-state index in [4.69, 9.17) is 4.74 Å². The van der Waals surface area contributed by atoms with Gasteiger partial charge in [0.15, 0.2) is 6.61 Å². The fraction of sp³-hybridized carbons (Fsp3) is 0.154. The molecule has 2 N–H and O–H groups in total. The van der Waals surface area contributed by atoms with E-state index in [9.17, 15) is 14.4 Å². The lowest BCUT2D eigenvalue weighted by Gasteiger charge is -2.07. The number of esters is 1. The molecule has 0 aromatic carbocycles. The van der Waals surface area contributed by atoms with Crippen molar-refractivity contribution in [1.82, 2.24) is 15.4 Å². The van der Waals surface area contributed by atoms with Crippen molar-refractivity contribution in [1.29, 1.82) is 0 Å². The lowest BCUT2D eigenvalue weighted by molar-refractivity contribution is -0.125. The Balaban J connectivity index is 1.74. The van der Waals surface area contributed by atoms with Crippen molar-refractivity contribution in [2.24, 2.45) is 7.05 Å². The van der Waals surface area contributed by atoms with E-state index in [2.05, 4.69) is 10.9 Å². The number of hydrogen-bond donors (Lipinski definition) is 2. The summed E-state index contributed by atoms with van der Waals surface area (Å²) in [6, 6.07) is 6.63. The molecule has 110 valence electrons. The third kappa shape index (κ3) is 3.93. The predicted octanol–water partition coefficient (Wildman–Crippen LogP) is 0.705. The van der Waals surface area contributed by atoms with Crippen molar-refractivity contribution in [2.75, 3.05) is 6.61 Å². The Morgan fingerprint density at radius 1 is 1.24 bits per heavy atom. The fourth-order valence-electron chi connectivity index (χ4n) is 1.51. The summed E-state index contributed by atoms with van der Waals surface area (Å²) in [5.74, 6) is -1.66. The molecule has 8 heteroatoms. The summed E-state index contributed by atoms with van der Waals surface area (Å²) in [6.45, 7) is -0.477. The van der Waals surface area contributed by atoms with Crippen molar-refractivity contribution in [3.05, 3.63) is 46.4 Å². The van der Waals surface area contributed by atoms with E-state index in [-0.39, 0.29) is 0 Å². The second kappa shape index (κ2) is 6.71. The normalized spacial score (nSPS) is 9.95. The number of hydrogen-bond acceptors (Lipinski definition) is 5. The summed E-state index contributed by atoms with van der Waals surface area (Å²) in [4.78, 5) is 35.1. The first-order valence-electron chi connectivity index (χ1n) is 5.99. The lowest BCUT2D eigenvalue weighted by Crippen LogP contribution is -2.43. The van der Waals surface area contributed by atoms with Crippen molar-refractivity contribution in [3.63, 3.8) is 0 Å². The van der Waals surface area contributed by atoms with Crippen molar-refractivity contribution in [2.45, 2.75) is 0 Å². The van der Waals surface area contributed by atoms with Crippen molar-refractivity contribution >= 4 is 29.1 Å². The van der Waals surface area contributed by atoms with Gasteiger partial charge in [0.05, 0.1) is 4.88 Å². The molecule has 2 aromatic rings. The minimum absolute atomic E-state index is 0.338. The molecule has 2 aromatic heterocycles. The maximum atomic E-state index is 11.6. The molecule has 7 nitrogen and oxygen atoms in total. The summed E-state index contributed by atoms with van der Waals surface area (Å²) in [6.07, 6.45) is 1.69. The summed E-state index contributed by atoms with van der Waals surface area (Å²) in [5.41, 5.74) is 4.74. The van der Waals surface area contributed by atoms with Gasteiger partial charge in [-0.1, -0.05) is 6.07 Å². The summed E-state index contributed by atoms with van der Waals surface area (Å²) < 4.78 is 6.41. The van der Waals surface area contributed by atoms with Gasteiger partial charge in [-0.05, 0) is 23.6 Å². The first-order valence-corrected chi connectivity index (χ1v) is 6.87. The third-order valence-corrected chi connectivity index (χ3v) is 3.42. The molecule has 0 radical (unpaired) electrons. The van der Waals surface area contributed by atoms with E-state index in [0.29, 0.717) is 10.6 Å². The first kappa shape index (κ1) is 14.8. The Bertz CT molecular complexity index is 648. The van der Waals surface area contributed by atoms with Crippen LogP contribution in [0, 0.1) is 0 Å². The van der Waals surface area contributed by atoms with Gasteiger partial charge in [0.1, 0.15) is 5.69 Å². The SMILES string of the molecule is Cn1cccc1C(=O)OCC(=O)NNC(=O)c1cccs1. The zero-order chi connectivity index (χ0) is 15.2. The highest BCUT2D eigenvalue weighted by Gasteiger charge is 2.13. The summed E-state index contributed by atoms with van der Waals surface area (Å²) in [7, 11) is 1.69. The Morgan fingerprint density at radius 2 is 2.05 bits per heavy atom. The highest BCUT2D eigenvalue weighted by Crippen LogP contribution is 2.07. The molecule has 0 spiro atoms. The maximum absolute atomic E-state index is 11.6. The molecule has 0 saturated heterocycles. The minimum atomic E-state index is -0.623. The standard InChI is InChI=1S/C13H13N3O4S/c1-16-6-2-4-9(16)13(19)20-8-11(17)14-15-12(18)10-5-3-7-21-10/h2-7H,8H2,1H3,(H,14,17)(H,15,18). The van der Waals surface area contributed by atoms with Gasteiger partial charge in [0.2, 0.25) is 0 Å². The van der Waals surface area contributed by atoms with Gasteiger partial charge in [-0.3, -0.25) is 20.4 Å². The molecule has 0 bridgehead atoms. The van der Waals surface area contributed by atoms with E-state index in [1.807, 2.05) is 0 Å². The Hall–Kier alpha value is -2.61. The highest BCUT2D eigenvalue weighted by molar-refractivity contribution is 7.12. The molecular formula is C13H13N3O4S. The summed E-state index contributed by atoms with van der Waals surface area (Å²) in [5, 5.41) is 1.75. The second-order valence-corrected chi connectivity index (χ2v) is 5.01. The summed E-state index contributed by atoms with van der Waals surface area (Å²) >= 11 is 1.25. The van der Waals surface area contributed by atoms with Crippen LogP contribution in [0.15, 0.2) is 35.8 Å². The van der Waals surface area contributed by atoms with Crippen LogP contribution in [0.2, 0.25) is 0 Å². The number of carbonyl (C=O) groups is 3.